The van der Waals surface area contributed by atoms with Crippen LogP contribution in [0.2, 0.25) is 0 Å². The third-order valence-corrected chi connectivity index (χ3v) is 2.72. The van der Waals surface area contributed by atoms with E-state index in [1.165, 1.54) is 0 Å². The molecular weight excluding hydrogens is 188 g/mol. The Morgan fingerprint density at radius 3 is 2.80 bits per heavy atom. The van der Waals surface area contributed by atoms with Gasteiger partial charge in [0.15, 0.2) is 0 Å². The minimum atomic E-state index is -0.231. The molecule has 1 aliphatic rings. The molecule has 2 nitrogen and oxygen atoms in total. The van der Waals surface area contributed by atoms with Crippen LogP contribution in [0.5, 0.6) is 0 Å². The van der Waals surface area contributed by atoms with Gasteiger partial charge in [-0.15, -0.1) is 6.58 Å². The normalized spacial score (nSPS) is 23.2. The predicted octanol–water partition coefficient (Wildman–Crippen LogP) is 2.67. The van der Waals surface area contributed by atoms with Crippen molar-refractivity contribution in [2.45, 2.75) is 6.42 Å². The van der Waals surface area contributed by atoms with Crippen molar-refractivity contribution < 1.29 is 9.53 Å². The van der Waals surface area contributed by atoms with Crippen LogP contribution in [0.25, 0.3) is 0 Å². The van der Waals surface area contributed by atoms with E-state index < -0.39 is 0 Å². The number of allylic oxidation sites excluding steroid dienone is 1. The van der Waals surface area contributed by atoms with E-state index in [1.807, 2.05) is 24.3 Å². The summed E-state index contributed by atoms with van der Waals surface area (Å²) in [7, 11) is 0. The highest BCUT2D eigenvalue weighted by molar-refractivity contribution is 5.89. The zero-order chi connectivity index (χ0) is 10.7. The summed E-state index contributed by atoms with van der Waals surface area (Å²) in [5, 5.41) is 0. The third-order valence-electron chi connectivity index (χ3n) is 2.72. The van der Waals surface area contributed by atoms with Gasteiger partial charge in [-0.2, -0.15) is 0 Å². The Labute approximate surface area is 89.6 Å². The average Bonchev–Trinajstić information content (AvgIpc) is 3.06. The van der Waals surface area contributed by atoms with E-state index in [0.717, 1.165) is 6.42 Å². The maximum atomic E-state index is 11.5. The van der Waals surface area contributed by atoms with Gasteiger partial charge in [0.05, 0.1) is 12.2 Å². The van der Waals surface area contributed by atoms with E-state index >= 15 is 0 Å². The average molecular weight is 202 g/mol. The molecule has 0 spiro atoms. The highest BCUT2D eigenvalue weighted by Crippen LogP contribution is 2.39. The summed E-state index contributed by atoms with van der Waals surface area (Å²) < 4.78 is 5.20. The zero-order valence-corrected chi connectivity index (χ0v) is 8.56. The summed E-state index contributed by atoms with van der Waals surface area (Å²) in [6, 6.07) is 9.08. The lowest BCUT2D eigenvalue weighted by molar-refractivity contribution is 0.0482. The number of carbonyl (C=O) groups excluding carboxylic acids is 1. The molecular formula is C13H14O2. The van der Waals surface area contributed by atoms with Crippen molar-refractivity contribution in [2.24, 2.45) is 11.8 Å². The van der Waals surface area contributed by atoms with E-state index in [1.54, 1.807) is 12.1 Å². The lowest BCUT2D eigenvalue weighted by Crippen LogP contribution is -2.07. The number of carbonyl (C=O) groups is 1. The summed E-state index contributed by atoms with van der Waals surface area (Å²) >= 11 is 0. The second-order valence-corrected chi connectivity index (χ2v) is 3.86. The lowest BCUT2D eigenvalue weighted by Gasteiger charge is -2.03. The Morgan fingerprint density at radius 1 is 1.47 bits per heavy atom. The van der Waals surface area contributed by atoms with Crippen molar-refractivity contribution in [1.82, 2.24) is 0 Å². The molecule has 0 bridgehead atoms. The molecule has 0 aliphatic heterocycles. The molecule has 1 aliphatic carbocycles. The van der Waals surface area contributed by atoms with E-state index in [-0.39, 0.29) is 5.97 Å². The molecule has 0 N–H and O–H groups in total. The van der Waals surface area contributed by atoms with Gasteiger partial charge >= 0.3 is 5.97 Å². The molecule has 1 aromatic carbocycles. The minimum absolute atomic E-state index is 0.231. The van der Waals surface area contributed by atoms with Gasteiger partial charge in [0.1, 0.15) is 0 Å². The molecule has 0 saturated heterocycles. The monoisotopic (exact) mass is 202 g/mol. The molecule has 0 unspecified atom stereocenters. The molecule has 2 rings (SSSR count). The molecule has 0 radical (unpaired) electrons. The summed E-state index contributed by atoms with van der Waals surface area (Å²) in [6.45, 7) is 4.24. The molecule has 1 fully saturated rings. The largest absolute Gasteiger partial charge is 0.462 e. The van der Waals surface area contributed by atoms with Crippen LogP contribution in [-0.4, -0.2) is 12.6 Å². The second-order valence-electron chi connectivity index (χ2n) is 3.86. The molecule has 78 valence electrons. The van der Waals surface area contributed by atoms with Crippen LogP contribution in [-0.2, 0) is 4.74 Å². The molecule has 0 amide bonds. The zero-order valence-electron chi connectivity index (χ0n) is 8.56. The van der Waals surface area contributed by atoms with Gasteiger partial charge in [0.25, 0.3) is 0 Å². The van der Waals surface area contributed by atoms with Crippen molar-refractivity contribution in [3.63, 3.8) is 0 Å². The van der Waals surface area contributed by atoms with Crippen LogP contribution in [0.3, 0.4) is 0 Å². The molecule has 2 atom stereocenters. The Morgan fingerprint density at radius 2 is 2.20 bits per heavy atom. The first-order chi connectivity index (χ1) is 7.31. The maximum Gasteiger partial charge on any atom is 0.338 e. The standard InChI is InChI=1S/C13H14O2/c1-2-10-8-12(10)9-15-13(14)11-6-4-3-5-7-11/h2-7,10,12H,1,8-9H2/t10-,12-/m0/s1. The molecule has 0 heterocycles. The van der Waals surface area contributed by atoms with Gasteiger partial charge in [-0.25, -0.2) is 4.79 Å². The first-order valence-electron chi connectivity index (χ1n) is 5.16. The van der Waals surface area contributed by atoms with Crippen molar-refractivity contribution in [1.29, 1.82) is 0 Å². The highest BCUT2D eigenvalue weighted by atomic mass is 16.5. The van der Waals surface area contributed by atoms with E-state index in [2.05, 4.69) is 6.58 Å². The Kier molecular flexibility index (Phi) is 2.86. The first kappa shape index (κ1) is 9.97. The summed E-state index contributed by atoms with van der Waals surface area (Å²) in [6.07, 6.45) is 3.03. The van der Waals surface area contributed by atoms with Gasteiger partial charge in [-0.1, -0.05) is 24.3 Å². The summed E-state index contributed by atoms with van der Waals surface area (Å²) in [5.74, 6) is 0.814. The van der Waals surface area contributed by atoms with Crippen LogP contribution >= 0.6 is 0 Å². The molecule has 0 aromatic heterocycles. The van der Waals surface area contributed by atoms with Crippen LogP contribution in [0.4, 0.5) is 0 Å². The van der Waals surface area contributed by atoms with E-state index in [4.69, 9.17) is 4.74 Å². The quantitative estimate of drug-likeness (QED) is 0.554. The molecule has 1 aromatic rings. The number of hydrogen-bond acceptors (Lipinski definition) is 2. The van der Waals surface area contributed by atoms with Crippen LogP contribution in [0.1, 0.15) is 16.8 Å². The van der Waals surface area contributed by atoms with Crippen molar-refractivity contribution >= 4 is 5.97 Å². The fraction of sp³-hybridized carbons (Fsp3) is 0.308. The maximum absolute atomic E-state index is 11.5. The van der Waals surface area contributed by atoms with Gasteiger partial charge < -0.3 is 4.74 Å². The van der Waals surface area contributed by atoms with Gasteiger partial charge in [0.2, 0.25) is 0 Å². The van der Waals surface area contributed by atoms with Crippen molar-refractivity contribution in [2.75, 3.05) is 6.61 Å². The number of rotatable bonds is 4. The first-order valence-corrected chi connectivity index (χ1v) is 5.16. The van der Waals surface area contributed by atoms with Crippen LogP contribution in [0, 0.1) is 11.8 Å². The SMILES string of the molecule is C=C[C@H]1C[C@H]1COC(=O)c1ccccc1. The number of hydrogen-bond donors (Lipinski definition) is 0. The molecule has 1 saturated carbocycles. The van der Waals surface area contributed by atoms with E-state index in [0.29, 0.717) is 24.0 Å². The third kappa shape index (κ3) is 2.46. The molecule has 2 heteroatoms. The molecule has 15 heavy (non-hydrogen) atoms. The van der Waals surface area contributed by atoms with Crippen LogP contribution in [0.15, 0.2) is 43.0 Å². The fourth-order valence-corrected chi connectivity index (χ4v) is 1.59. The Balaban J connectivity index is 1.81. The number of esters is 1. The van der Waals surface area contributed by atoms with Gasteiger partial charge in [-0.05, 0) is 30.4 Å². The fourth-order valence-electron chi connectivity index (χ4n) is 1.59. The Hall–Kier alpha value is -1.57. The predicted molar refractivity (Wildman–Crippen MR) is 58.5 cm³/mol. The summed E-state index contributed by atoms with van der Waals surface area (Å²) in [4.78, 5) is 11.5. The van der Waals surface area contributed by atoms with Crippen molar-refractivity contribution in [3.8, 4) is 0 Å². The van der Waals surface area contributed by atoms with E-state index in [9.17, 15) is 4.79 Å². The number of ether oxygens (including phenoxy) is 1. The second kappa shape index (κ2) is 4.30. The van der Waals surface area contributed by atoms with Crippen LogP contribution < -0.4 is 0 Å². The number of benzene rings is 1. The van der Waals surface area contributed by atoms with Gasteiger partial charge in [-0.3, -0.25) is 0 Å². The topological polar surface area (TPSA) is 26.3 Å². The summed E-state index contributed by atoms with van der Waals surface area (Å²) in [5.41, 5.74) is 0.619. The minimum Gasteiger partial charge on any atom is -0.462 e. The van der Waals surface area contributed by atoms with Gasteiger partial charge in [0, 0.05) is 0 Å². The smallest absolute Gasteiger partial charge is 0.338 e. The lowest BCUT2D eigenvalue weighted by atomic mass is 10.2. The highest BCUT2D eigenvalue weighted by Gasteiger charge is 2.35. The van der Waals surface area contributed by atoms with Crippen molar-refractivity contribution in [3.05, 3.63) is 48.6 Å². The Bertz CT molecular complexity index is 356.